The molecule has 2 atom stereocenters. The minimum Gasteiger partial charge on any atom is -0.368 e. The van der Waals surface area contributed by atoms with Crippen molar-refractivity contribution in [2.75, 3.05) is 6.61 Å². The normalized spacial score (nSPS) is 20.7. The highest BCUT2D eigenvalue weighted by Crippen LogP contribution is 2.33. The predicted octanol–water partition coefficient (Wildman–Crippen LogP) is 2.72. The summed E-state index contributed by atoms with van der Waals surface area (Å²) in [5, 5.41) is 1.92. The van der Waals surface area contributed by atoms with Gasteiger partial charge in [0, 0.05) is 6.61 Å². The van der Waals surface area contributed by atoms with Crippen molar-refractivity contribution in [3.63, 3.8) is 0 Å². The molecule has 20 heavy (non-hydrogen) atoms. The Morgan fingerprint density at radius 3 is 2.45 bits per heavy atom. The van der Waals surface area contributed by atoms with Gasteiger partial charge < -0.3 is 10.1 Å². The minimum absolute atomic E-state index is 0.217. The van der Waals surface area contributed by atoms with E-state index in [1.165, 1.54) is 0 Å². The zero-order valence-electron chi connectivity index (χ0n) is 10.4. The lowest BCUT2D eigenvalue weighted by atomic mass is 10.1. The fraction of sp³-hybridized carbons (Fsp3) is 0.462. The van der Waals surface area contributed by atoms with Gasteiger partial charge in [-0.3, -0.25) is 4.79 Å². The largest absolute Gasteiger partial charge is 0.412 e. The van der Waals surface area contributed by atoms with Crippen LogP contribution in [0.3, 0.4) is 0 Å². The minimum atomic E-state index is -4.66. The smallest absolute Gasteiger partial charge is 0.368 e. The highest BCUT2D eigenvalue weighted by Gasteiger charge is 2.43. The third-order valence-electron chi connectivity index (χ3n) is 3.04. The van der Waals surface area contributed by atoms with Gasteiger partial charge in [0.2, 0.25) is 5.91 Å². The second-order valence-corrected chi connectivity index (χ2v) is 4.54. The summed E-state index contributed by atoms with van der Waals surface area (Å²) in [5.41, 5.74) is -0.217. The first-order valence-electron chi connectivity index (χ1n) is 6.12. The molecule has 0 unspecified atom stereocenters. The third-order valence-corrected chi connectivity index (χ3v) is 3.04. The number of alkyl halides is 3. The van der Waals surface area contributed by atoms with Crippen LogP contribution >= 0.6 is 0 Å². The molecule has 1 aromatic carbocycles. The van der Waals surface area contributed by atoms with Crippen LogP contribution in [-0.4, -0.2) is 24.8 Å². The van der Waals surface area contributed by atoms with Crippen molar-refractivity contribution in [1.29, 1.82) is 0 Å². The third kappa shape index (κ3) is 3.47. The highest BCUT2D eigenvalue weighted by atomic mass is 19.4. The summed E-state index contributed by atoms with van der Waals surface area (Å²) in [7, 11) is 0. The summed E-state index contributed by atoms with van der Waals surface area (Å²) in [5.74, 6) is -1.44. The van der Waals surface area contributed by atoms with Gasteiger partial charge in [0.1, 0.15) is 11.9 Å². The van der Waals surface area contributed by atoms with E-state index < -0.39 is 30.0 Å². The number of carbonyl (C=O) groups excluding carboxylic acids is 1. The second-order valence-electron chi connectivity index (χ2n) is 4.54. The molecule has 1 aliphatic heterocycles. The molecule has 0 radical (unpaired) electrons. The van der Waals surface area contributed by atoms with Gasteiger partial charge >= 0.3 is 6.18 Å². The molecule has 7 heteroatoms. The van der Waals surface area contributed by atoms with Crippen molar-refractivity contribution in [3.8, 4) is 0 Å². The number of benzene rings is 1. The summed E-state index contributed by atoms with van der Waals surface area (Å²) in [6.07, 6.45) is -4.46. The number of nitrogens with one attached hydrogen (secondary N) is 1. The summed E-state index contributed by atoms with van der Waals surface area (Å²) in [4.78, 5) is 11.7. The molecule has 1 aromatic rings. The molecule has 110 valence electrons. The number of amides is 1. The topological polar surface area (TPSA) is 38.3 Å². The van der Waals surface area contributed by atoms with Crippen LogP contribution in [0.2, 0.25) is 0 Å². The number of hydrogen-bond acceptors (Lipinski definition) is 2. The van der Waals surface area contributed by atoms with E-state index in [9.17, 15) is 22.4 Å². The number of ether oxygens (including phenoxy) is 1. The van der Waals surface area contributed by atoms with Gasteiger partial charge in [-0.25, -0.2) is 4.39 Å². The standard InChI is InChI=1S/C13H13F4NO2/c14-9-5-3-8(4-6-9)11(13(15,16)17)18-12(19)10-2-1-7-20-10/h3-6,10-11H,1-2,7H2,(H,18,19)/t10-,11-/m1/s1. The first kappa shape index (κ1) is 14.8. The summed E-state index contributed by atoms with van der Waals surface area (Å²) >= 11 is 0. The molecule has 0 saturated carbocycles. The van der Waals surface area contributed by atoms with Crippen molar-refractivity contribution in [2.24, 2.45) is 0 Å². The maximum absolute atomic E-state index is 13.0. The Kier molecular flexibility index (Phi) is 4.27. The van der Waals surface area contributed by atoms with E-state index in [-0.39, 0.29) is 5.56 Å². The second kappa shape index (κ2) is 5.78. The summed E-state index contributed by atoms with van der Waals surface area (Å²) < 4.78 is 56.8. The Hall–Kier alpha value is -1.63. The maximum atomic E-state index is 13.0. The summed E-state index contributed by atoms with van der Waals surface area (Å²) in [6.45, 7) is 0.366. The molecule has 1 saturated heterocycles. The van der Waals surface area contributed by atoms with E-state index in [1.54, 1.807) is 0 Å². The molecule has 0 spiro atoms. The van der Waals surface area contributed by atoms with Crippen LogP contribution in [0.4, 0.5) is 17.6 Å². The fourth-order valence-electron chi connectivity index (χ4n) is 2.03. The monoisotopic (exact) mass is 291 g/mol. The molecular formula is C13H13F4NO2. The molecule has 0 aromatic heterocycles. The number of carbonyl (C=O) groups is 1. The average molecular weight is 291 g/mol. The number of hydrogen-bond donors (Lipinski definition) is 1. The van der Waals surface area contributed by atoms with E-state index in [0.29, 0.717) is 19.4 Å². The quantitative estimate of drug-likeness (QED) is 0.870. The van der Waals surface area contributed by atoms with Gasteiger partial charge in [-0.1, -0.05) is 12.1 Å². The van der Waals surface area contributed by atoms with E-state index in [4.69, 9.17) is 4.74 Å². The van der Waals surface area contributed by atoms with Crippen LogP contribution in [0.15, 0.2) is 24.3 Å². The molecule has 3 nitrogen and oxygen atoms in total. The molecule has 2 rings (SSSR count). The zero-order chi connectivity index (χ0) is 14.8. The number of rotatable bonds is 3. The van der Waals surface area contributed by atoms with Crippen molar-refractivity contribution < 1.29 is 27.1 Å². The number of halogens is 4. The highest BCUT2D eigenvalue weighted by molar-refractivity contribution is 5.81. The van der Waals surface area contributed by atoms with Crippen molar-refractivity contribution in [3.05, 3.63) is 35.6 Å². The Morgan fingerprint density at radius 2 is 1.95 bits per heavy atom. The predicted molar refractivity (Wildman–Crippen MR) is 62.3 cm³/mol. The van der Waals surface area contributed by atoms with Crippen molar-refractivity contribution in [2.45, 2.75) is 31.2 Å². The lowest BCUT2D eigenvalue weighted by Crippen LogP contribution is -2.42. The molecule has 1 fully saturated rings. The van der Waals surface area contributed by atoms with Crippen molar-refractivity contribution >= 4 is 5.91 Å². The Labute approximate surface area is 112 Å². The zero-order valence-corrected chi connectivity index (χ0v) is 10.4. The van der Waals surface area contributed by atoms with Crippen LogP contribution in [0.1, 0.15) is 24.4 Å². The molecule has 0 bridgehead atoms. The first-order chi connectivity index (χ1) is 9.38. The van der Waals surface area contributed by atoms with Gasteiger partial charge in [0.05, 0.1) is 0 Å². The van der Waals surface area contributed by atoms with E-state index in [2.05, 4.69) is 0 Å². The maximum Gasteiger partial charge on any atom is 0.412 e. The first-order valence-corrected chi connectivity index (χ1v) is 6.12. The Bertz CT molecular complexity index is 466. The van der Waals surface area contributed by atoms with Gasteiger partial charge in [0.25, 0.3) is 0 Å². The molecule has 1 heterocycles. The fourth-order valence-corrected chi connectivity index (χ4v) is 2.03. The van der Waals surface area contributed by atoms with Gasteiger partial charge in [0.15, 0.2) is 6.04 Å². The van der Waals surface area contributed by atoms with Gasteiger partial charge in [-0.2, -0.15) is 13.2 Å². The average Bonchev–Trinajstić information content (AvgIpc) is 2.89. The van der Waals surface area contributed by atoms with Crippen LogP contribution in [0.5, 0.6) is 0 Å². The lowest BCUT2D eigenvalue weighted by Gasteiger charge is -2.23. The van der Waals surface area contributed by atoms with E-state index in [0.717, 1.165) is 24.3 Å². The summed E-state index contributed by atoms with van der Waals surface area (Å²) in [6, 6.07) is 1.69. The Morgan fingerprint density at radius 1 is 1.30 bits per heavy atom. The molecule has 0 aliphatic carbocycles. The molecule has 1 aliphatic rings. The van der Waals surface area contributed by atoms with Crippen LogP contribution < -0.4 is 5.32 Å². The van der Waals surface area contributed by atoms with E-state index in [1.807, 2.05) is 5.32 Å². The molecule has 1 N–H and O–H groups in total. The SMILES string of the molecule is O=C(N[C@H](c1ccc(F)cc1)C(F)(F)F)[C@H]1CCCO1. The molecular weight excluding hydrogens is 278 g/mol. The van der Waals surface area contributed by atoms with Crippen LogP contribution in [0.25, 0.3) is 0 Å². The van der Waals surface area contributed by atoms with E-state index >= 15 is 0 Å². The van der Waals surface area contributed by atoms with Gasteiger partial charge in [-0.15, -0.1) is 0 Å². The van der Waals surface area contributed by atoms with Gasteiger partial charge in [-0.05, 0) is 30.5 Å². The van der Waals surface area contributed by atoms with Crippen LogP contribution in [0, 0.1) is 5.82 Å². The molecule has 1 amide bonds. The van der Waals surface area contributed by atoms with Crippen molar-refractivity contribution in [1.82, 2.24) is 5.32 Å². The lowest BCUT2D eigenvalue weighted by molar-refractivity contribution is -0.166. The Balaban J connectivity index is 2.15. The van der Waals surface area contributed by atoms with Crippen LogP contribution in [-0.2, 0) is 9.53 Å².